The number of nitrogens with zero attached hydrogens (tertiary/aromatic N) is 1. The third-order valence-electron chi connectivity index (χ3n) is 1.45. The Hall–Kier alpha value is -0.260. The monoisotopic (exact) mass is 277 g/mol. The summed E-state index contributed by atoms with van der Waals surface area (Å²) in [6, 6.07) is 0. The standard InChI is InChI=1S/C6H15NO7S2/c1-6(2)14-5-3-4-7(15(8,9)10)16(11,12)13/h6H,3-5H2,1-2H3,(H,8,9,10)(H,11,12,13). The molecule has 0 aromatic rings. The highest BCUT2D eigenvalue weighted by molar-refractivity contribution is 7.98. The van der Waals surface area contributed by atoms with Crippen molar-refractivity contribution in [3.8, 4) is 0 Å². The fourth-order valence-corrected chi connectivity index (χ4v) is 2.53. The summed E-state index contributed by atoms with van der Waals surface area (Å²) < 4.78 is 64.1. The van der Waals surface area contributed by atoms with Gasteiger partial charge in [-0.2, -0.15) is 16.8 Å². The summed E-state index contributed by atoms with van der Waals surface area (Å²) in [5.41, 5.74) is 0. The smallest absolute Gasteiger partial charge is 0.351 e. The van der Waals surface area contributed by atoms with E-state index in [2.05, 4.69) is 0 Å². The Morgan fingerprint density at radius 2 is 1.56 bits per heavy atom. The van der Waals surface area contributed by atoms with E-state index in [-0.39, 0.29) is 19.1 Å². The van der Waals surface area contributed by atoms with Crippen LogP contribution in [0.5, 0.6) is 0 Å². The summed E-state index contributed by atoms with van der Waals surface area (Å²) in [6.45, 7) is 3.04. The quantitative estimate of drug-likeness (QED) is 0.484. The lowest BCUT2D eigenvalue weighted by Gasteiger charge is -2.14. The molecule has 10 heteroatoms. The van der Waals surface area contributed by atoms with Crippen LogP contribution in [0.25, 0.3) is 0 Å². The summed E-state index contributed by atoms with van der Waals surface area (Å²) in [4.78, 5) is 0. The van der Waals surface area contributed by atoms with Gasteiger partial charge in [-0.15, -0.1) is 0 Å². The highest BCUT2D eigenvalue weighted by Gasteiger charge is 2.30. The molecule has 0 saturated heterocycles. The van der Waals surface area contributed by atoms with Crippen molar-refractivity contribution in [2.45, 2.75) is 26.4 Å². The maximum absolute atomic E-state index is 10.6. The molecule has 0 rings (SSSR count). The Morgan fingerprint density at radius 1 is 1.12 bits per heavy atom. The first kappa shape index (κ1) is 15.7. The zero-order valence-electron chi connectivity index (χ0n) is 8.90. The normalized spacial score (nSPS) is 13.6. The molecule has 0 fully saturated rings. The van der Waals surface area contributed by atoms with Crippen molar-refractivity contribution in [2.24, 2.45) is 0 Å². The summed E-state index contributed by atoms with van der Waals surface area (Å²) >= 11 is 0. The Kier molecular flexibility index (Phi) is 5.79. The van der Waals surface area contributed by atoms with Gasteiger partial charge >= 0.3 is 20.6 Å². The minimum absolute atomic E-state index is 0.0256. The SMILES string of the molecule is CC(C)OCCCN(S(=O)(=O)O)S(=O)(=O)O. The second-order valence-corrected chi connectivity index (χ2v) is 6.13. The van der Waals surface area contributed by atoms with Crippen LogP contribution in [0, 0.1) is 0 Å². The Morgan fingerprint density at radius 3 is 1.88 bits per heavy atom. The highest BCUT2D eigenvalue weighted by atomic mass is 32.3. The van der Waals surface area contributed by atoms with Gasteiger partial charge in [0.25, 0.3) is 0 Å². The summed E-state index contributed by atoms with van der Waals surface area (Å²) in [5, 5.41) is 0. The lowest BCUT2D eigenvalue weighted by Crippen LogP contribution is -2.37. The van der Waals surface area contributed by atoms with Gasteiger partial charge in [0.15, 0.2) is 0 Å². The summed E-state index contributed by atoms with van der Waals surface area (Å²) in [5.74, 6) is 0. The van der Waals surface area contributed by atoms with Crippen LogP contribution in [0.4, 0.5) is 0 Å². The predicted octanol–water partition coefficient (Wildman–Crippen LogP) is -0.291. The largest absolute Gasteiger partial charge is 0.379 e. The van der Waals surface area contributed by atoms with Crippen molar-refractivity contribution in [3.05, 3.63) is 0 Å². The first-order valence-corrected chi connectivity index (χ1v) is 7.19. The van der Waals surface area contributed by atoms with Gasteiger partial charge in [-0.05, 0) is 24.0 Å². The van der Waals surface area contributed by atoms with Crippen LogP contribution >= 0.6 is 0 Å². The van der Waals surface area contributed by atoms with Crippen LogP contribution in [-0.4, -0.2) is 48.9 Å². The van der Waals surface area contributed by atoms with E-state index in [0.717, 1.165) is 0 Å². The van der Waals surface area contributed by atoms with E-state index in [4.69, 9.17) is 13.8 Å². The minimum atomic E-state index is -4.98. The third-order valence-corrected chi connectivity index (χ3v) is 3.98. The van der Waals surface area contributed by atoms with Gasteiger partial charge in [-0.1, -0.05) is 0 Å². The molecule has 0 atom stereocenters. The number of ether oxygens (including phenoxy) is 1. The van der Waals surface area contributed by atoms with Crippen molar-refractivity contribution in [3.63, 3.8) is 0 Å². The number of rotatable bonds is 7. The first-order valence-electron chi connectivity index (χ1n) is 4.39. The second-order valence-electron chi connectivity index (χ2n) is 3.23. The zero-order chi connectivity index (χ0) is 13.0. The molecule has 0 radical (unpaired) electrons. The molecule has 0 saturated carbocycles. The lowest BCUT2D eigenvalue weighted by molar-refractivity contribution is 0.0760. The van der Waals surface area contributed by atoms with E-state index in [0.29, 0.717) is 0 Å². The molecule has 0 aliphatic rings. The fraction of sp³-hybridized carbons (Fsp3) is 1.00. The maximum Gasteiger partial charge on any atom is 0.351 e. The molecule has 0 aromatic carbocycles. The van der Waals surface area contributed by atoms with Crippen LogP contribution in [0.1, 0.15) is 20.3 Å². The van der Waals surface area contributed by atoms with Gasteiger partial charge < -0.3 is 4.74 Å². The Labute approximate surface area is 95.0 Å². The molecule has 0 unspecified atom stereocenters. The van der Waals surface area contributed by atoms with E-state index in [9.17, 15) is 16.8 Å². The fourth-order valence-electron chi connectivity index (χ4n) is 0.862. The molecule has 0 heterocycles. The van der Waals surface area contributed by atoms with Crippen molar-refractivity contribution in [1.29, 1.82) is 0 Å². The molecule has 2 N–H and O–H groups in total. The molecular weight excluding hydrogens is 262 g/mol. The topological polar surface area (TPSA) is 121 Å². The zero-order valence-corrected chi connectivity index (χ0v) is 10.5. The molecule has 0 spiro atoms. The summed E-state index contributed by atoms with van der Waals surface area (Å²) in [7, 11) is -9.97. The maximum atomic E-state index is 10.6. The van der Waals surface area contributed by atoms with Crippen LogP contribution in [-0.2, 0) is 25.3 Å². The average Bonchev–Trinajstić information content (AvgIpc) is 1.97. The van der Waals surface area contributed by atoms with Gasteiger partial charge in [0.1, 0.15) is 0 Å². The van der Waals surface area contributed by atoms with Crippen molar-refractivity contribution >= 4 is 20.6 Å². The molecule has 98 valence electrons. The molecule has 16 heavy (non-hydrogen) atoms. The van der Waals surface area contributed by atoms with Crippen LogP contribution in [0.3, 0.4) is 0 Å². The lowest BCUT2D eigenvalue weighted by atomic mass is 10.4. The Balaban J connectivity index is 4.39. The van der Waals surface area contributed by atoms with E-state index >= 15 is 0 Å². The molecule has 0 aromatic heterocycles. The van der Waals surface area contributed by atoms with E-state index in [1.54, 1.807) is 13.8 Å². The molecule has 0 aliphatic heterocycles. The Bertz CT molecular complexity index is 367. The third kappa shape index (κ3) is 6.35. The first-order chi connectivity index (χ1) is 7.05. The highest BCUT2D eigenvalue weighted by Crippen LogP contribution is 2.05. The van der Waals surface area contributed by atoms with Crippen LogP contribution < -0.4 is 0 Å². The molecule has 8 nitrogen and oxygen atoms in total. The van der Waals surface area contributed by atoms with Crippen molar-refractivity contribution in [1.82, 2.24) is 3.71 Å². The molecule has 0 aliphatic carbocycles. The van der Waals surface area contributed by atoms with Gasteiger partial charge in [-0.25, -0.2) is 0 Å². The van der Waals surface area contributed by atoms with Gasteiger partial charge in [-0.3, -0.25) is 9.11 Å². The van der Waals surface area contributed by atoms with Gasteiger partial charge in [0.2, 0.25) is 0 Å². The van der Waals surface area contributed by atoms with Crippen molar-refractivity contribution < 1.29 is 30.7 Å². The van der Waals surface area contributed by atoms with Crippen molar-refractivity contribution in [2.75, 3.05) is 13.2 Å². The minimum Gasteiger partial charge on any atom is -0.379 e. The van der Waals surface area contributed by atoms with E-state index < -0.39 is 30.9 Å². The number of hydrogen-bond donors (Lipinski definition) is 2. The van der Waals surface area contributed by atoms with Crippen LogP contribution in [0.15, 0.2) is 0 Å². The number of hydrogen-bond acceptors (Lipinski definition) is 5. The molecule has 0 amide bonds. The average molecular weight is 277 g/mol. The molecule has 0 bridgehead atoms. The van der Waals surface area contributed by atoms with E-state index in [1.807, 2.05) is 0 Å². The van der Waals surface area contributed by atoms with E-state index in [1.165, 1.54) is 0 Å². The predicted molar refractivity (Wildman–Crippen MR) is 55.5 cm³/mol. The van der Waals surface area contributed by atoms with Crippen LogP contribution in [0.2, 0.25) is 0 Å². The van der Waals surface area contributed by atoms with Gasteiger partial charge in [0.05, 0.1) is 6.10 Å². The second kappa shape index (κ2) is 5.89. The molecular formula is C6H15NO7S2. The van der Waals surface area contributed by atoms with Gasteiger partial charge in [0, 0.05) is 13.2 Å². The summed E-state index contributed by atoms with van der Waals surface area (Å²) in [6.07, 6.45) is -0.0532.